The number of carbonyl (C=O) groups excluding carboxylic acids is 1. The Morgan fingerprint density at radius 3 is 2.42 bits per heavy atom. The number of carboxylic acids is 1. The summed E-state index contributed by atoms with van der Waals surface area (Å²) in [4.78, 5) is 23.6. The normalized spacial score (nSPS) is 39.1. The molecule has 0 radical (unpaired) electrons. The Kier molecular flexibility index (Phi) is 10.2. The van der Waals surface area contributed by atoms with Crippen molar-refractivity contribution < 1.29 is 28.9 Å². The minimum atomic E-state index is -0.660. The lowest BCUT2D eigenvalue weighted by Crippen LogP contribution is -2.54. The van der Waals surface area contributed by atoms with Crippen molar-refractivity contribution in [2.24, 2.45) is 46.3 Å². The Bertz CT molecular complexity index is 799. The van der Waals surface area contributed by atoms with Gasteiger partial charge in [-0.05, 0) is 117 Å². The van der Waals surface area contributed by atoms with Crippen molar-refractivity contribution in [1.29, 1.82) is 0 Å². The van der Waals surface area contributed by atoms with Gasteiger partial charge in [0, 0.05) is 13.0 Å². The summed E-state index contributed by atoms with van der Waals surface area (Å²) in [5.41, 5.74) is 0.725. The molecule has 6 nitrogen and oxygen atoms in total. The zero-order chi connectivity index (χ0) is 27.3. The molecule has 0 spiro atoms. The van der Waals surface area contributed by atoms with E-state index in [4.69, 9.17) is 14.2 Å². The molecule has 6 heteroatoms. The lowest BCUT2D eigenvalue weighted by atomic mass is 9.44. The van der Waals surface area contributed by atoms with Crippen LogP contribution in [0.3, 0.4) is 0 Å². The largest absolute Gasteiger partial charge is 0.481 e. The van der Waals surface area contributed by atoms with Crippen LogP contribution in [0.15, 0.2) is 0 Å². The fraction of sp³-hybridized carbons (Fsp3) is 0.938. The molecule has 1 N–H and O–H groups in total. The van der Waals surface area contributed by atoms with Crippen LogP contribution >= 0.6 is 0 Å². The highest BCUT2D eigenvalue weighted by Gasteiger charge is 2.60. The third kappa shape index (κ3) is 6.43. The van der Waals surface area contributed by atoms with Crippen molar-refractivity contribution in [1.82, 2.24) is 0 Å². The van der Waals surface area contributed by atoms with Crippen LogP contribution in [-0.2, 0) is 23.8 Å². The van der Waals surface area contributed by atoms with Crippen LogP contribution in [0, 0.1) is 46.3 Å². The van der Waals surface area contributed by atoms with Crippen molar-refractivity contribution in [2.45, 2.75) is 117 Å². The molecular weight excluding hydrogens is 480 g/mol. The number of carboxylic acid groups (broad SMARTS) is 1. The van der Waals surface area contributed by atoms with Gasteiger partial charge in [-0.3, -0.25) is 4.79 Å². The molecule has 4 fully saturated rings. The average molecular weight is 535 g/mol. The first-order valence-electron chi connectivity index (χ1n) is 15.8. The molecule has 4 aliphatic rings. The van der Waals surface area contributed by atoms with Crippen LogP contribution in [-0.4, -0.2) is 49.6 Å². The first kappa shape index (κ1) is 29.8. The van der Waals surface area contributed by atoms with E-state index in [9.17, 15) is 14.7 Å². The van der Waals surface area contributed by atoms with E-state index >= 15 is 0 Å². The zero-order valence-electron chi connectivity index (χ0n) is 24.6. The minimum absolute atomic E-state index is 0.0204. The highest BCUT2D eigenvalue weighted by atomic mass is 16.6. The molecular formula is C32H54O6. The molecule has 0 bridgehead atoms. The number of hydrogen-bond donors (Lipinski definition) is 1. The molecule has 4 rings (SSSR count). The van der Waals surface area contributed by atoms with Crippen LogP contribution < -0.4 is 0 Å². The molecule has 38 heavy (non-hydrogen) atoms. The fourth-order valence-electron chi connectivity index (χ4n) is 9.70. The van der Waals surface area contributed by atoms with Crippen molar-refractivity contribution in [3.05, 3.63) is 0 Å². The van der Waals surface area contributed by atoms with Crippen molar-refractivity contribution in [3.8, 4) is 0 Å². The molecule has 0 amide bonds. The predicted octanol–water partition coefficient (Wildman–Crippen LogP) is 6.89. The van der Waals surface area contributed by atoms with E-state index in [1.807, 2.05) is 0 Å². The second-order valence-corrected chi connectivity index (χ2v) is 13.7. The summed E-state index contributed by atoms with van der Waals surface area (Å²) in [5, 5.41) is 9.20. The summed E-state index contributed by atoms with van der Waals surface area (Å²) in [5.74, 6) is 3.27. The highest BCUT2D eigenvalue weighted by molar-refractivity contribution is 5.70. The number of hydrogen-bond acceptors (Lipinski definition) is 5. The molecule has 0 unspecified atom stereocenters. The Morgan fingerprint density at radius 2 is 1.66 bits per heavy atom. The Hall–Kier alpha value is -1.14. The number of unbranched alkanes of at least 4 members (excludes halogenated alkanes) is 1. The van der Waals surface area contributed by atoms with Gasteiger partial charge >= 0.3 is 11.9 Å². The molecule has 0 aliphatic heterocycles. The van der Waals surface area contributed by atoms with Gasteiger partial charge in [-0.15, -0.1) is 0 Å². The van der Waals surface area contributed by atoms with Gasteiger partial charge in [0.05, 0.1) is 13.2 Å². The lowest BCUT2D eigenvalue weighted by Gasteiger charge is -2.61. The van der Waals surface area contributed by atoms with E-state index < -0.39 is 5.97 Å². The summed E-state index contributed by atoms with van der Waals surface area (Å²) >= 11 is 0. The first-order valence-corrected chi connectivity index (χ1v) is 15.8. The topological polar surface area (TPSA) is 82.1 Å². The average Bonchev–Trinajstić information content (AvgIpc) is 3.24. The predicted molar refractivity (Wildman–Crippen MR) is 148 cm³/mol. The molecule has 4 saturated carbocycles. The number of fused-ring (bicyclic) bond motifs is 5. The van der Waals surface area contributed by atoms with E-state index in [0.717, 1.165) is 62.9 Å². The van der Waals surface area contributed by atoms with Crippen molar-refractivity contribution in [2.75, 3.05) is 26.4 Å². The molecule has 218 valence electrons. The highest BCUT2D eigenvalue weighted by Crippen LogP contribution is 2.68. The van der Waals surface area contributed by atoms with Crippen LogP contribution in [0.1, 0.15) is 111 Å². The number of esters is 1. The van der Waals surface area contributed by atoms with Gasteiger partial charge in [-0.2, -0.15) is 0 Å². The smallest absolute Gasteiger partial charge is 0.332 e. The standard InChI is InChI=1S/C32H54O6/c1-5-6-17-36-18-19-37-21-30(35)38-24-13-15-31(3)23(20-24)8-9-25-27-11-10-26(22(2)7-12-29(33)34)32(27,4)16-14-28(25)31/h22-28H,5-21H2,1-4H3,(H,33,34)/t22-,23-,24+,25+,26-,27+,28+,31+,32-/m1/s1. The van der Waals surface area contributed by atoms with Crippen LogP contribution in [0.4, 0.5) is 0 Å². The van der Waals surface area contributed by atoms with Crippen molar-refractivity contribution >= 4 is 11.9 Å². The van der Waals surface area contributed by atoms with Crippen LogP contribution in [0.5, 0.6) is 0 Å². The summed E-state index contributed by atoms with van der Waals surface area (Å²) in [7, 11) is 0. The fourth-order valence-corrected chi connectivity index (χ4v) is 9.70. The Morgan fingerprint density at radius 1 is 0.921 bits per heavy atom. The van der Waals surface area contributed by atoms with Gasteiger partial charge < -0.3 is 19.3 Å². The molecule has 0 aromatic heterocycles. The third-order valence-corrected chi connectivity index (χ3v) is 11.7. The van der Waals surface area contributed by atoms with E-state index in [0.29, 0.717) is 48.2 Å². The SMILES string of the molecule is CCCCOCCOCC(=O)O[C@H]1CC[C@@]2(C)[C@H](CC[C@@H]3[C@@H]2CC[C@]2(C)[C@@H]([C@H](C)CCC(=O)O)CC[C@@H]32)C1. The maximum atomic E-state index is 12.4. The van der Waals surface area contributed by atoms with Gasteiger partial charge in [-0.1, -0.05) is 34.1 Å². The number of rotatable bonds is 13. The number of ether oxygens (including phenoxy) is 3. The van der Waals surface area contributed by atoms with E-state index in [2.05, 4.69) is 27.7 Å². The number of aliphatic carboxylic acids is 1. The molecule has 0 aromatic carbocycles. The van der Waals surface area contributed by atoms with E-state index in [1.165, 1.54) is 38.5 Å². The Labute approximate surface area is 230 Å². The summed E-state index contributed by atoms with van der Waals surface area (Å²) < 4.78 is 16.9. The zero-order valence-corrected chi connectivity index (χ0v) is 24.6. The van der Waals surface area contributed by atoms with Gasteiger partial charge in [-0.25, -0.2) is 4.79 Å². The molecule has 0 heterocycles. The lowest BCUT2D eigenvalue weighted by molar-refractivity contribution is -0.167. The van der Waals surface area contributed by atoms with Gasteiger partial charge in [0.1, 0.15) is 12.7 Å². The Balaban J connectivity index is 1.27. The molecule has 0 saturated heterocycles. The molecule has 9 atom stereocenters. The van der Waals surface area contributed by atoms with Crippen LogP contribution in [0.25, 0.3) is 0 Å². The minimum Gasteiger partial charge on any atom is -0.481 e. The maximum absolute atomic E-state index is 12.4. The van der Waals surface area contributed by atoms with Crippen molar-refractivity contribution in [3.63, 3.8) is 0 Å². The quantitative estimate of drug-likeness (QED) is 0.205. The monoisotopic (exact) mass is 534 g/mol. The first-order chi connectivity index (χ1) is 18.2. The second kappa shape index (κ2) is 13.0. The summed E-state index contributed by atoms with van der Waals surface area (Å²) in [6.07, 6.45) is 14.2. The summed E-state index contributed by atoms with van der Waals surface area (Å²) in [6, 6.07) is 0. The third-order valence-electron chi connectivity index (χ3n) is 11.7. The van der Waals surface area contributed by atoms with Crippen LogP contribution in [0.2, 0.25) is 0 Å². The number of carbonyl (C=O) groups is 2. The van der Waals surface area contributed by atoms with E-state index in [-0.39, 0.29) is 18.7 Å². The van der Waals surface area contributed by atoms with Gasteiger partial charge in [0.2, 0.25) is 0 Å². The molecule has 0 aromatic rings. The van der Waals surface area contributed by atoms with E-state index in [1.54, 1.807) is 0 Å². The second-order valence-electron chi connectivity index (χ2n) is 13.7. The van der Waals surface area contributed by atoms with Gasteiger partial charge in [0.15, 0.2) is 0 Å². The maximum Gasteiger partial charge on any atom is 0.332 e. The van der Waals surface area contributed by atoms with Gasteiger partial charge in [0.25, 0.3) is 0 Å². The summed E-state index contributed by atoms with van der Waals surface area (Å²) in [6.45, 7) is 11.3. The molecule has 4 aliphatic carbocycles.